The fourth-order valence-corrected chi connectivity index (χ4v) is 3.78. The minimum atomic E-state index is -0.658. The molecule has 1 aliphatic heterocycles. The molecule has 0 fully saturated rings. The van der Waals surface area contributed by atoms with E-state index in [2.05, 4.69) is 5.32 Å². The molecule has 0 saturated heterocycles. The summed E-state index contributed by atoms with van der Waals surface area (Å²) < 4.78 is 19.2. The third-order valence-corrected chi connectivity index (χ3v) is 5.38. The lowest BCUT2D eigenvalue weighted by Crippen LogP contribution is -2.41. The van der Waals surface area contributed by atoms with E-state index >= 15 is 0 Å². The maximum absolute atomic E-state index is 13.6. The molecule has 158 valence electrons. The van der Waals surface area contributed by atoms with Gasteiger partial charge in [0.2, 0.25) is 5.91 Å². The SMILES string of the molecule is O=C1CN(C(=O)COc2ccc(Cl)cc2)[C@H](c2ccc(F)cc2)c2cc(Cl)ccc2N1. The van der Waals surface area contributed by atoms with Gasteiger partial charge < -0.3 is 15.0 Å². The van der Waals surface area contributed by atoms with Crippen molar-refractivity contribution in [3.8, 4) is 5.75 Å². The molecule has 1 N–H and O–H groups in total. The fraction of sp³-hybridized carbons (Fsp3) is 0.130. The van der Waals surface area contributed by atoms with Crippen LogP contribution in [0, 0.1) is 5.82 Å². The summed E-state index contributed by atoms with van der Waals surface area (Å²) in [6, 6.07) is 16.8. The van der Waals surface area contributed by atoms with Crippen molar-refractivity contribution in [2.24, 2.45) is 0 Å². The smallest absolute Gasteiger partial charge is 0.261 e. The molecule has 0 aromatic heterocycles. The van der Waals surface area contributed by atoms with Crippen LogP contribution in [0.2, 0.25) is 10.0 Å². The number of nitrogens with one attached hydrogen (secondary N) is 1. The van der Waals surface area contributed by atoms with Gasteiger partial charge in [-0.15, -0.1) is 0 Å². The molecule has 0 radical (unpaired) electrons. The Morgan fingerprint density at radius 3 is 2.42 bits per heavy atom. The van der Waals surface area contributed by atoms with Crippen molar-refractivity contribution >= 4 is 40.7 Å². The van der Waals surface area contributed by atoms with E-state index in [9.17, 15) is 14.0 Å². The lowest BCUT2D eigenvalue weighted by Gasteiger charge is -2.30. The van der Waals surface area contributed by atoms with E-state index in [4.69, 9.17) is 27.9 Å². The zero-order valence-corrected chi connectivity index (χ0v) is 17.7. The average Bonchev–Trinajstić information content (AvgIpc) is 2.89. The van der Waals surface area contributed by atoms with Gasteiger partial charge in [-0.1, -0.05) is 35.3 Å². The summed E-state index contributed by atoms with van der Waals surface area (Å²) in [6.45, 7) is -0.486. The van der Waals surface area contributed by atoms with Gasteiger partial charge in [0.05, 0.1) is 6.04 Å². The third-order valence-electron chi connectivity index (χ3n) is 4.89. The van der Waals surface area contributed by atoms with Crippen LogP contribution in [0.15, 0.2) is 66.7 Å². The number of ether oxygens (including phenoxy) is 1. The molecule has 1 aliphatic rings. The monoisotopic (exact) mass is 458 g/mol. The van der Waals surface area contributed by atoms with Crippen LogP contribution in [0.5, 0.6) is 5.75 Å². The molecule has 0 unspecified atom stereocenters. The number of fused-ring (bicyclic) bond motifs is 1. The Labute approximate surface area is 188 Å². The van der Waals surface area contributed by atoms with E-state index < -0.39 is 17.8 Å². The molecule has 1 heterocycles. The van der Waals surface area contributed by atoms with Crippen LogP contribution < -0.4 is 10.1 Å². The normalized spacial score (nSPS) is 15.6. The van der Waals surface area contributed by atoms with Gasteiger partial charge in [-0.25, -0.2) is 4.39 Å². The predicted molar refractivity (Wildman–Crippen MR) is 117 cm³/mol. The van der Waals surface area contributed by atoms with Gasteiger partial charge in [0.25, 0.3) is 5.91 Å². The number of anilines is 1. The summed E-state index contributed by atoms with van der Waals surface area (Å²) in [5.74, 6) is -0.694. The minimum Gasteiger partial charge on any atom is -0.484 e. The Bertz CT molecular complexity index is 1120. The first-order valence-corrected chi connectivity index (χ1v) is 10.2. The van der Waals surface area contributed by atoms with E-state index in [-0.39, 0.29) is 19.1 Å². The van der Waals surface area contributed by atoms with Crippen LogP contribution in [0.3, 0.4) is 0 Å². The summed E-state index contributed by atoms with van der Waals surface area (Å²) in [5.41, 5.74) is 1.81. The van der Waals surface area contributed by atoms with Crippen molar-refractivity contribution in [2.75, 3.05) is 18.5 Å². The zero-order chi connectivity index (χ0) is 22.0. The Balaban J connectivity index is 1.70. The number of halogens is 3. The lowest BCUT2D eigenvalue weighted by atomic mass is 9.95. The Kier molecular flexibility index (Phi) is 6.11. The van der Waals surface area contributed by atoms with Crippen LogP contribution in [-0.4, -0.2) is 29.9 Å². The summed E-state index contributed by atoms with van der Waals surface area (Å²) >= 11 is 12.1. The van der Waals surface area contributed by atoms with Crippen LogP contribution in [0.4, 0.5) is 10.1 Å². The molecule has 4 rings (SSSR count). The van der Waals surface area contributed by atoms with E-state index in [0.29, 0.717) is 32.6 Å². The quantitative estimate of drug-likeness (QED) is 0.592. The number of amides is 2. The van der Waals surface area contributed by atoms with E-state index in [0.717, 1.165) is 0 Å². The van der Waals surface area contributed by atoms with E-state index in [1.165, 1.54) is 17.0 Å². The van der Waals surface area contributed by atoms with Gasteiger partial charge in [-0.05, 0) is 60.2 Å². The van der Waals surface area contributed by atoms with Crippen molar-refractivity contribution < 1.29 is 18.7 Å². The average molecular weight is 459 g/mol. The molecule has 5 nitrogen and oxygen atoms in total. The summed E-state index contributed by atoms with van der Waals surface area (Å²) in [5, 5.41) is 3.80. The van der Waals surface area contributed by atoms with Crippen LogP contribution in [-0.2, 0) is 9.59 Å². The summed E-state index contributed by atoms with van der Waals surface area (Å²) in [7, 11) is 0. The minimum absolute atomic E-state index is 0.197. The standard InChI is InChI=1S/C23H17Cl2FN2O3/c24-15-3-8-18(9-4-15)31-13-22(30)28-12-21(29)27-20-10-5-16(25)11-19(20)23(28)14-1-6-17(26)7-2-14/h1-11,23H,12-13H2,(H,27,29)/t23-/m1/s1. The molecule has 0 bridgehead atoms. The molecule has 0 aliphatic carbocycles. The van der Waals surface area contributed by atoms with Crippen LogP contribution >= 0.6 is 23.2 Å². The Morgan fingerprint density at radius 1 is 1.03 bits per heavy atom. The largest absolute Gasteiger partial charge is 0.484 e. The molecule has 0 spiro atoms. The predicted octanol–water partition coefficient (Wildman–Crippen LogP) is 5.08. The maximum Gasteiger partial charge on any atom is 0.261 e. The summed E-state index contributed by atoms with van der Waals surface area (Å²) in [6.07, 6.45) is 0. The van der Waals surface area contributed by atoms with Crippen LogP contribution in [0.1, 0.15) is 17.2 Å². The highest BCUT2D eigenvalue weighted by atomic mass is 35.5. The number of hydrogen-bond donors (Lipinski definition) is 1. The maximum atomic E-state index is 13.6. The second kappa shape index (κ2) is 8.96. The molecule has 3 aromatic rings. The molecule has 31 heavy (non-hydrogen) atoms. The molecule has 2 amide bonds. The van der Waals surface area contributed by atoms with E-state index in [1.807, 2.05) is 0 Å². The first kappa shape index (κ1) is 21.2. The van der Waals surface area contributed by atoms with Crippen molar-refractivity contribution in [1.29, 1.82) is 0 Å². The number of carbonyl (C=O) groups is 2. The number of carbonyl (C=O) groups excluding carboxylic acids is 2. The van der Waals surface area contributed by atoms with Crippen molar-refractivity contribution in [3.63, 3.8) is 0 Å². The number of nitrogens with zero attached hydrogens (tertiary/aromatic N) is 1. The highest BCUT2D eigenvalue weighted by Crippen LogP contribution is 2.37. The second-order valence-electron chi connectivity index (χ2n) is 7.00. The molecule has 0 saturated carbocycles. The van der Waals surface area contributed by atoms with Gasteiger partial charge in [-0.3, -0.25) is 9.59 Å². The summed E-state index contributed by atoms with van der Waals surface area (Å²) in [4.78, 5) is 27.1. The number of hydrogen-bond acceptors (Lipinski definition) is 3. The zero-order valence-electron chi connectivity index (χ0n) is 16.1. The van der Waals surface area contributed by atoms with E-state index in [1.54, 1.807) is 54.6 Å². The Hall–Kier alpha value is -3.09. The Morgan fingerprint density at radius 2 is 1.71 bits per heavy atom. The first-order chi connectivity index (χ1) is 14.9. The first-order valence-electron chi connectivity index (χ1n) is 9.43. The highest BCUT2D eigenvalue weighted by Gasteiger charge is 2.33. The molecular weight excluding hydrogens is 442 g/mol. The van der Waals surface area contributed by atoms with Crippen molar-refractivity contribution in [2.45, 2.75) is 6.04 Å². The molecule has 1 atom stereocenters. The lowest BCUT2D eigenvalue weighted by molar-refractivity contribution is -0.138. The molecular formula is C23H17Cl2FN2O3. The van der Waals surface area contributed by atoms with Gasteiger partial charge in [-0.2, -0.15) is 0 Å². The fourth-order valence-electron chi connectivity index (χ4n) is 3.47. The van der Waals surface area contributed by atoms with Gasteiger partial charge >= 0.3 is 0 Å². The molecule has 3 aromatic carbocycles. The van der Waals surface area contributed by atoms with Crippen molar-refractivity contribution in [3.05, 3.63) is 93.7 Å². The third kappa shape index (κ3) is 4.81. The second-order valence-corrected chi connectivity index (χ2v) is 7.87. The van der Waals surface area contributed by atoms with Gasteiger partial charge in [0.15, 0.2) is 6.61 Å². The number of rotatable bonds is 4. The van der Waals surface area contributed by atoms with Gasteiger partial charge in [0, 0.05) is 21.3 Å². The topological polar surface area (TPSA) is 58.6 Å². The number of benzene rings is 3. The van der Waals surface area contributed by atoms with Crippen molar-refractivity contribution in [1.82, 2.24) is 4.90 Å². The highest BCUT2D eigenvalue weighted by molar-refractivity contribution is 6.31. The molecule has 8 heteroatoms. The van der Waals surface area contributed by atoms with Crippen LogP contribution in [0.25, 0.3) is 0 Å². The van der Waals surface area contributed by atoms with Gasteiger partial charge in [0.1, 0.15) is 18.1 Å².